The molecule has 116 valence electrons. The van der Waals surface area contributed by atoms with Crippen molar-refractivity contribution in [1.82, 2.24) is 10.2 Å². The van der Waals surface area contributed by atoms with E-state index in [1.807, 2.05) is 0 Å². The van der Waals surface area contributed by atoms with Gasteiger partial charge in [0.15, 0.2) is 11.5 Å². The third kappa shape index (κ3) is 3.89. The Bertz CT molecular complexity index is 458. The zero-order valence-corrected chi connectivity index (χ0v) is 12.9. The summed E-state index contributed by atoms with van der Waals surface area (Å²) in [6, 6.07) is 7.02. The molecule has 2 aliphatic heterocycles. The van der Waals surface area contributed by atoms with Gasteiger partial charge < -0.3 is 14.8 Å². The van der Waals surface area contributed by atoms with E-state index in [2.05, 4.69) is 35.3 Å². The fourth-order valence-corrected chi connectivity index (χ4v) is 3.09. The maximum absolute atomic E-state index is 5.78. The highest BCUT2D eigenvalue weighted by molar-refractivity contribution is 5.43. The lowest BCUT2D eigenvalue weighted by atomic mass is 10.1. The van der Waals surface area contributed by atoms with Gasteiger partial charge in [-0.05, 0) is 43.6 Å². The van der Waals surface area contributed by atoms with Crippen LogP contribution in [0.1, 0.15) is 31.7 Å². The van der Waals surface area contributed by atoms with Gasteiger partial charge in [-0.25, -0.2) is 0 Å². The van der Waals surface area contributed by atoms with E-state index in [0.717, 1.165) is 50.8 Å². The fraction of sp³-hybridized carbons (Fsp3) is 0.647. The van der Waals surface area contributed by atoms with Crippen molar-refractivity contribution >= 4 is 0 Å². The number of likely N-dealkylation sites (N-methyl/N-ethyl adjacent to an activating group) is 1. The summed E-state index contributed by atoms with van der Waals surface area (Å²) in [5, 5.41) is 3.58. The molecule has 2 aliphatic rings. The molecule has 1 aromatic rings. The molecule has 0 bridgehead atoms. The first-order chi connectivity index (χ1) is 10.3. The van der Waals surface area contributed by atoms with Gasteiger partial charge in [0.25, 0.3) is 0 Å². The minimum absolute atomic E-state index is 0.658. The third-order valence-electron chi connectivity index (χ3n) is 4.31. The van der Waals surface area contributed by atoms with E-state index in [4.69, 9.17) is 9.47 Å². The topological polar surface area (TPSA) is 33.7 Å². The SMILES string of the molecule is CCN(Cc1ccc2c(c1)OCCCO2)CC1CCCN1. The summed E-state index contributed by atoms with van der Waals surface area (Å²) < 4.78 is 11.5. The van der Waals surface area contributed by atoms with Crippen LogP contribution in [0, 0.1) is 0 Å². The largest absolute Gasteiger partial charge is 0.490 e. The van der Waals surface area contributed by atoms with Gasteiger partial charge in [-0.3, -0.25) is 4.90 Å². The molecule has 1 saturated heterocycles. The zero-order valence-electron chi connectivity index (χ0n) is 12.9. The number of hydrogen-bond donors (Lipinski definition) is 1. The summed E-state index contributed by atoms with van der Waals surface area (Å²) in [4.78, 5) is 2.50. The van der Waals surface area contributed by atoms with E-state index in [1.165, 1.54) is 24.9 Å². The molecule has 0 aliphatic carbocycles. The summed E-state index contributed by atoms with van der Waals surface area (Å²) in [5.74, 6) is 1.79. The zero-order chi connectivity index (χ0) is 14.5. The number of fused-ring (bicyclic) bond motifs is 1. The Morgan fingerprint density at radius 3 is 2.81 bits per heavy atom. The second-order valence-corrected chi connectivity index (χ2v) is 5.95. The Hall–Kier alpha value is -1.26. The van der Waals surface area contributed by atoms with Crippen molar-refractivity contribution < 1.29 is 9.47 Å². The smallest absolute Gasteiger partial charge is 0.161 e. The molecule has 1 atom stereocenters. The number of nitrogens with zero attached hydrogens (tertiary/aromatic N) is 1. The van der Waals surface area contributed by atoms with Crippen LogP contribution in [0.4, 0.5) is 0 Å². The molecule has 1 fully saturated rings. The molecule has 1 aromatic carbocycles. The van der Waals surface area contributed by atoms with Crippen LogP contribution in [-0.2, 0) is 6.54 Å². The third-order valence-corrected chi connectivity index (χ3v) is 4.31. The lowest BCUT2D eigenvalue weighted by molar-refractivity contribution is 0.252. The van der Waals surface area contributed by atoms with Crippen LogP contribution in [0.25, 0.3) is 0 Å². The van der Waals surface area contributed by atoms with Crippen molar-refractivity contribution in [3.8, 4) is 11.5 Å². The molecule has 1 unspecified atom stereocenters. The van der Waals surface area contributed by atoms with Crippen molar-refractivity contribution in [1.29, 1.82) is 0 Å². The van der Waals surface area contributed by atoms with Crippen molar-refractivity contribution in [2.45, 2.75) is 38.8 Å². The first-order valence-electron chi connectivity index (χ1n) is 8.19. The number of nitrogens with one attached hydrogen (secondary N) is 1. The van der Waals surface area contributed by atoms with Crippen LogP contribution in [-0.4, -0.2) is 43.8 Å². The highest BCUT2D eigenvalue weighted by Crippen LogP contribution is 2.30. The van der Waals surface area contributed by atoms with Gasteiger partial charge in [0, 0.05) is 25.6 Å². The Balaban J connectivity index is 1.63. The van der Waals surface area contributed by atoms with E-state index < -0.39 is 0 Å². The van der Waals surface area contributed by atoms with Crippen LogP contribution < -0.4 is 14.8 Å². The Kier molecular flexibility index (Phi) is 4.99. The van der Waals surface area contributed by atoms with Crippen LogP contribution in [0.5, 0.6) is 11.5 Å². The predicted octanol–water partition coefficient (Wildman–Crippen LogP) is 2.42. The number of hydrogen-bond acceptors (Lipinski definition) is 4. The Morgan fingerprint density at radius 1 is 1.19 bits per heavy atom. The second kappa shape index (κ2) is 7.14. The van der Waals surface area contributed by atoms with E-state index in [9.17, 15) is 0 Å². The molecule has 3 rings (SSSR count). The number of benzene rings is 1. The van der Waals surface area contributed by atoms with E-state index in [-0.39, 0.29) is 0 Å². The quantitative estimate of drug-likeness (QED) is 0.903. The number of ether oxygens (including phenoxy) is 2. The minimum atomic E-state index is 0.658. The molecule has 0 saturated carbocycles. The normalized spacial score (nSPS) is 21.5. The van der Waals surface area contributed by atoms with Crippen molar-refractivity contribution in [2.75, 3.05) is 32.8 Å². The van der Waals surface area contributed by atoms with Crippen molar-refractivity contribution in [3.05, 3.63) is 23.8 Å². The molecule has 0 spiro atoms. The van der Waals surface area contributed by atoms with Gasteiger partial charge in [0.1, 0.15) is 0 Å². The molecular formula is C17H26N2O2. The molecule has 1 N–H and O–H groups in total. The highest BCUT2D eigenvalue weighted by Gasteiger charge is 2.18. The Morgan fingerprint density at radius 2 is 2.05 bits per heavy atom. The van der Waals surface area contributed by atoms with Crippen molar-refractivity contribution in [2.24, 2.45) is 0 Å². The predicted molar refractivity (Wildman–Crippen MR) is 84.0 cm³/mol. The summed E-state index contributed by atoms with van der Waals surface area (Å²) >= 11 is 0. The lowest BCUT2D eigenvalue weighted by Gasteiger charge is -2.24. The van der Waals surface area contributed by atoms with E-state index in [1.54, 1.807) is 0 Å². The summed E-state index contributed by atoms with van der Waals surface area (Å²) in [5.41, 5.74) is 1.30. The summed E-state index contributed by atoms with van der Waals surface area (Å²) in [7, 11) is 0. The van der Waals surface area contributed by atoms with Gasteiger partial charge in [-0.15, -0.1) is 0 Å². The lowest BCUT2D eigenvalue weighted by Crippen LogP contribution is -2.37. The standard InChI is InChI=1S/C17H26N2O2/c1-2-19(13-15-5-3-8-18-15)12-14-6-7-16-17(11-14)21-10-4-9-20-16/h6-7,11,15,18H,2-5,8-10,12-13H2,1H3. The van der Waals surface area contributed by atoms with Crippen LogP contribution in [0.2, 0.25) is 0 Å². The van der Waals surface area contributed by atoms with E-state index in [0.29, 0.717) is 6.04 Å². The van der Waals surface area contributed by atoms with Crippen LogP contribution in [0.15, 0.2) is 18.2 Å². The average Bonchev–Trinajstić information content (AvgIpc) is 2.90. The first kappa shape index (κ1) is 14.7. The highest BCUT2D eigenvalue weighted by atomic mass is 16.5. The summed E-state index contributed by atoms with van der Waals surface area (Å²) in [6.45, 7) is 8.09. The molecule has 4 heteroatoms. The van der Waals surface area contributed by atoms with Gasteiger partial charge >= 0.3 is 0 Å². The molecule has 2 heterocycles. The van der Waals surface area contributed by atoms with E-state index >= 15 is 0 Å². The Labute approximate surface area is 127 Å². The molecule has 0 amide bonds. The van der Waals surface area contributed by atoms with Gasteiger partial charge in [-0.1, -0.05) is 13.0 Å². The van der Waals surface area contributed by atoms with Crippen LogP contribution in [0.3, 0.4) is 0 Å². The first-order valence-corrected chi connectivity index (χ1v) is 8.19. The van der Waals surface area contributed by atoms with Crippen LogP contribution >= 0.6 is 0 Å². The minimum Gasteiger partial charge on any atom is -0.490 e. The maximum atomic E-state index is 5.78. The van der Waals surface area contributed by atoms with Gasteiger partial charge in [-0.2, -0.15) is 0 Å². The average molecular weight is 290 g/mol. The fourth-order valence-electron chi connectivity index (χ4n) is 3.09. The molecule has 0 aromatic heterocycles. The molecule has 21 heavy (non-hydrogen) atoms. The monoisotopic (exact) mass is 290 g/mol. The number of rotatable bonds is 5. The van der Waals surface area contributed by atoms with Gasteiger partial charge in [0.05, 0.1) is 13.2 Å². The van der Waals surface area contributed by atoms with Crippen molar-refractivity contribution in [3.63, 3.8) is 0 Å². The molecule has 0 radical (unpaired) electrons. The second-order valence-electron chi connectivity index (χ2n) is 5.95. The molecular weight excluding hydrogens is 264 g/mol. The molecule has 4 nitrogen and oxygen atoms in total. The summed E-state index contributed by atoms with van der Waals surface area (Å²) in [6.07, 6.45) is 3.57. The maximum Gasteiger partial charge on any atom is 0.161 e. The van der Waals surface area contributed by atoms with Gasteiger partial charge in [0.2, 0.25) is 0 Å².